The molecule has 1 atom stereocenters. The van der Waals surface area contributed by atoms with E-state index < -0.39 is 10.0 Å². The van der Waals surface area contributed by atoms with Gasteiger partial charge in [0.1, 0.15) is 0 Å². The van der Waals surface area contributed by atoms with Gasteiger partial charge in [-0.3, -0.25) is 4.79 Å². The third kappa shape index (κ3) is 6.66. The molecule has 0 aliphatic carbocycles. The minimum atomic E-state index is -3.85. The Balaban J connectivity index is 1.54. The lowest BCUT2D eigenvalue weighted by Crippen LogP contribution is -2.17. The standard InChI is InChI=1S/C25H20BrClN4O3S/c26-19-6-2-18(3-7-19)24(32)16-23(17-4-8-20(27)9-5-17)30-21-10-12-22(13-11-21)35(33,34)31-25-28-14-1-15-29-25/h1-15,23,30H,16H2,(H,28,29,31). The SMILES string of the molecule is O=C(CC(Nc1ccc(S(=O)(=O)Nc2ncccn2)cc1)c1ccc(Cl)cc1)c1ccc(Br)cc1. The van der Waals surface area contributed by atoms with Gasteiger partial charge in [-0.15, -0.1) is 0 Å². The average Bonchev–Trinajstić information content (AvgIpc) is 2.85. The number of sulfonamides is 1. The molecule has 0 saturated heterocycles. The summed E-state index contributed by atoms with van der Waals surface area (Å²) in [5.74, 6) is -0.0415. The fraction of sp³-hybridized carbons (Fsp3) is 0.0800. The summed E-state index contributed by atoms with van der Waals surface area (Å²) >= 11 is 9.43. The van der Waals surface area contributed by atoms with Gasteiger partial charge in [0, 0.05) is 39.6 Å². The van der Waals surface area contributed by atoms with Gasteiger partial charge in [-0.1, -0.05) is 51.8 Å². The highest BCUT2D eigenvalue weighted by molar-refractivity contribution is 9.10. The molecule has 0 radical (unpaired) electrons. The molecule has 0 bridgehead atoms. The predicted octanol–water partition coefficient (Wildman–Crippen LogP) is 6.12. The quantitative estimate of drug-likeness (QED) is 0.235. The Morgan fingerprint density at radius 3 is 2.17 bits per heavy atom. The number of nitrogens with zero attached hydrogens (tertiary/aromatic N) is 2. The fourth-order valence-corrected chi connectivity index (χ4v) is 4.70. The molecule has 10 heteroatoms. The third-order valence-electron chi connectivity index (χ3n) is 5.13. The molecule has 178 valence electrons. The Morgan fingerprint density at radius 1 is 0.914 bits per heavy atom. The molecule has 1 aromatic heterocycles. The van der Waals surface area contributed by atoms with E-state index >= 15 is 0 Å². The third-order valence-corrected chi connectivity index (χ3v) is 7.25. The molecule has 1 heterocycles. The Bertz CT molecular complexity index is 1400. The van der Waals surface area contributed by atoms with E-state index in [-0.39, 0.29) is 29.1 Å². The highest BCUT2D eigenvalue weighted by Crippen LogP contribution is 2.27. The number of aromatic nitrogens is 2. The van der Waals surface area contributed by atoms with Gasteiger partial charge in [0.05, 0.1) is 10.9 Å². The van der Waals surface area contributed by atoms with Gasteiger partial charge < -0.3 is 5.32 Å². The minimum Gasteiger partial charge on any atom is -0.378 e. The first-order valence-electron chi connectivity index (χ1n) is 10.5. The molecule has 0 saturated carbocycles. The zero-order valence-electron chi connectivity index (χ0n) is 18.2. The normalized spacial score (nSPS) is 12.1. The van der Waals surface area contributed by atoms with Crippen LogP contribution in [0.3, 0.4) is 0 Å². The first kappa shape index (κ1) is 24.8. The summed E-state index contributed by atoms with van der Waals surface area (Å²) in [6.45, 7) is 0. The number of halogens is 2. The summed E-state index contributed by atoms with van der Waals surface area (Å²) in [5, 5.41) is 3.94. The smallest absolute Gasteiger partial charge is 0.264 e. The van der Waals surface area contributed by atoms with E-state index in [0.29, 0.717) is 16.3 Å². The minimum absolute atomic E-state index is 0.0102. The summed E-state index contributed by atoms with van der Waals surface area (Å²) < 4.78 is 28.5. The number of nitrogens with one attached hydrogen (secondary N) is 2. The molecule has 0 aliphatic rings. The van der Waals surface area contributed by atoms with Gasteiger partial charge in [-0.05, 0) is 60.2 Å². The van der Waals surface area contributed by atoms with Crippen LogP contribution in [0.5, 0.6) is 0 Å². The van der Waals surface area contributed by atoms with Crippen LogP contribution in [0.2, 0.25) is 5.02 Å². The van der Waals surface area contributed by atoms with Gasteiger partial charge in [0.25, 0.3) is 10.0 Å². The van der Waals surface area contributed by atoms with Crippen molar-refractivity contribution in [3.05, 3.63) is 112 Å². The Labute approximate surface area is 216 Å². The van der Waals surface area contributed by atoms with Crippen LogP contribution in [0.1, 0.15) is 28.4 Å². The van der Waals surface area contributed by atoms with Crippen LogP contribution in [-0.4, -0.2) is 24.2 Å². The first-order chi connectivity index (χ1) is 16.8. The molecule has 2 N–H and O–H groups in total. The molecule has 4 rings (SSSR count). The van der Waals surface area contributed by atoms with Crippen molar-refractivity contribution in [2.45, 2.75) is 17.4 Å². The van der Waals surface area contributed by atoms with Gasteiger partial charge in [-0.2, -0.15) is 0 Å². The Hall–Kier alpha value is -3.27. The van der Waals surface area contributed by atoms with Crippen molar-refractivity contribution in [3.63, 3.8) is 0 Å². The van der Waals surface area contributed by atoms with Crippen molar-refractivity contribution in [3.8, 4) is 0 Å². The number of Topliss-reactive ketones (excluding diaryl/α,β-unsaturated/α-hetero) is 1. The van der Waals surface area contributed by atoms with Crippen molar-refractivity contribution in [2.24, 2.45) is 0 Å². The van der Waals surface area contributed by atoms with E-state index in [2.05, 4.69) is 35.9 Å². The number of benzene rings is 3. The van der Waals surface area contributed by atoms with Crippen molar-refractivity contribution < 1.29 is 13.2 Å². The van der Waals surface area contributed by atoms with Gasteiger partial charge in [0.15, 0.2) is 5.78 Å². The molecule has 0 spiro atoms. The van der Waals surface area contributed by atoms with E-state index in [1.54, 1.807) is 42.5 Å². The molecule has 0 fully saturated rings. The number of hydrogen-bond donors (Lipinski definition) is 2. The zero-order valence-corrected chi connectivity index (χ0v) is 21.4. The maximum atomic E-state index is 13.0. The average molecular weight is 572 g/mol. The Morgan fingerprint density at radius 2 is 1.54 bits per heavy atom. The molecule has 3 aromatic carbocycles. The molecule has 4 aromatic rings. The monoisotopic (exact) mass is 570 g/mol. The van der Waals surface area contributed by atoms with Crippen LogP contribution >= 0.6 is 27.5 Å². The lowest BCUT2D eigenvalue weighted by Gasteiger charge is -2.20. The van der Waals surface area contributed by atoms with Crippen LogP contribution in [-0.2, 0) is 10.0 Å². The molecular formula is C25H20BrClN4O3S. The van der Waals surface area contributed by atoms with Gasteiger partial charge in [0.2, 0.25) is 5.95 Å². The summed E-state index contributed by atoms with van der Waals surface area (Å²) in [7, 11) is -3.85. The summed E-state index contributed by atoms with van der Waals surface area (Å²) in [4.78, 5) is 20.8. The number of carbonyl (C=O) groups is 1. The molecule has 7 nitrogen and oxygen atoms in total. The topological polar surface area (TPSA) is 101 Å². The molecule has 0 amide bonds. The van der Waals surface area contributed by atoms with Gasteiger partial charge >= 0.3 is 0 Å². The van der Waals surface area contributed by atoms with Crippen LogP contribution in [0.15, 0.2) is 101 Å². The van der Waals surface area contributed by atoms with E-state index in [9.17, 15) is 13.2 Å². The predicted molar refractivity (Wildman–Crippen MR) is 140 cm³/mol. The first-order valence-corrected chi connectivity index (χ1v) is 13.2. The van der Waals surface area contributed by atoms with Crippen LogP contribution < -0.4 is 10.0 Å². The van der Waals surface area contributed by atoms with Crippen molar-refractivity contribution in [1.82, 2.24) is 9.97 Å². The van der Waals surface area contributed by atoms with E-state index in [0.717, 1.165) is 10.0 Å². The summed E-state index contributed by atoms with van der Waals surface area (Å²) in [5.41, 5.74) is 2.13. The zero-order chi connectivity index (χ0) is 24.8. The second-order valence-electron chi connectivity index (χ2n) is 7.58. The number of carbonyl (C=O) groups excluding carboxylic acids is 1. The fourth-order valence-electron chi connectivity index (χ4n) is 3.35. The lowest BCUT2D eigenvalue weighted by molar-refractivity contribution is 0.0976. The molecular weight excluding hydrogens is 552 g/mol. The molecule has 35 heavy (non-hydrogen) atoms. The number of ketones is 1. The van der Waals surface area contributed by atoms with Crippen molar-refractivity contribution >= 4 is 55.0 Å². The second-order valence-corrected chi connectivity index (χ2v) is 10.6. The van der Waals surface area contributed by atoms with E-state index in [1.807, 2.05) is 24.3 Å². The van der Waals surface area contributed by atoms with Crippen molar-refractivity contribution in [2.75, 3.05) is 10.0 Å². The lowest BCUT2D eigenvalue weighted by atomic mass is 9.97. The number of anilines is 2. The summed E-state index contributed by atoms with van der Waals surface area (Å²) in [6.07, 6.45) is 3.09. The molecule has 1 unspecified atom stereocenters. The van der Waals surface area contributed by atoms with Crippen LogP contribution in [0.4, 0.5) is 11.6 Å². The van der Waals surface area contributed by atoms with E-state index in [1.165, 1.54) is 24.5 Å². The number of hydrogen-bond acceptors (Lipinski definition) is 6. The van der Waals surface area contributed by atoms with Crippen LogP contribution in [0, 0.1) is 0 Å². The van der Waals surface area contributed by atoms with Crippen LogP contribution in [0.25, 0.3) is 0 Å². The Kier molecular flexibility index (Phi) is 7.80. The maximum absolute atomic E-state index is 13.0. The number of rotatable bonds is 9. The molecule has 0 aliphatic heterocycles. The second kappa shape index (κ2) is 11.0. The highest BCUT2D eigenvalue weighted by atomic mass is 79.9. The van der Waals surface area contributed by atoms with E-state index in [4.69, 9.17) is 11.6 Å². The summed E-state index contributed by atoms with van der Waals surface area (Å²) in [6, 6.07) is 21.9. The maximum Gasteiger partial charge on any atom is 0.264 e. The van der Waals surface area contributed by atoms with Crippen molar-refractivity contribution in [1.29, 1.82) is 0 Å². The largest absolute Gasteiger partial charge is 0.378 e. The van der Waals surface area contributed by atoms with Gasteiger partial charge in [-0.25, -0.2) is 23.1 Å². The highest BCUT2D eigenvalue weighted by Gasteiger charge is 2.19.